The largest absolute Gasteiger partial charge is 0.455 e. The number of aryl methyl sites for hydroxylation is 2. The summed E-state index contributed by atoms with van der Waals surface area (Å²) in [4.78, 5) is 30.2. The van der Waals surface area contributed by atoms with E-state index >= 15 is 0 Å². The van der Waals surface area contributed by atoms with Gasteiger partial charge in [-0.05, 0) is 56.5 Å². The van der Waals surface area contributed by atoms with Gasteiger partial charge in [0.25, 0.3) is 11.8 Å². The topological polar surface area (TPSA) is 96.6 Å². The quantitative estimate of drug-likeness (QED) is 0.355. The van der Waals surface area contributed by atoms with Crippen molar-refractivity contribution in [1.82, 2.24) is 10.4 Å². The minimum absolute atomic E-state index is 0.228. The van der Waals surface area contributed by atoms with E-state index in [1.807, 2.05) is 50.2 Å². The Labute approximate surface area is 207 Å². The van der Waals surface area contributed by atoms with Crippen LogP contribution in [0.4, 0.5) is 5.69 Å². The molecule has 2 N–H and O–H groups in total. The second kappa shape index (κ2) is 9.35. The molecule has 0 spiro atoms. The first-order chi connectivity index (χ1) is 16.9. The summed E-state index contributed by atoms with van der Waals surface area (Å²) in [5.74, 6) is 0.169. The first kappa shape index (κ1) is 22.8. The summed E-state index contributed by atoms with van der Waals surface area (Å²) in [5.41, 5.74) is 7.31. The van der Waals surface area contributed by atoms with Crippen molar-refractivity contribution in [3.63, 3.8) is 0 Å². The molecule has 2 aromatic heterocycles. The zero-order valence-electron chi connectivity index (χ0n) is 19.3. The zero-order chi connectivity index (χ0) is 24.5. The van der Waals surface area contributed by atoms with E-state index in [4.69, 9.17) is 16.0 Å². The Bertz CT molecular complexity index is 1510. The predicted octanol–water partition coefficient (Wildman–Crippen LogP) is 5.82. The van der Waals surface area contributed by atoms with Crippen molar-refractivity contribution in [3.8, 4) is 0 Å². The molecule has 5 rings (SSSR count). The highest BCUT2D eigenvalue weighted by molar-refractivity contribution is 6.31. The average molecular weight is 487 g/mol. The molecular weight excluding hydrogens is 464 g/mol. The number of aromatic nitrogens is 1. The molecule has 1 aliphatic carbocycles. The number of hydrogen-bond donors (Lipinski definition) is 2. The number of amides is 2. The Morgan fingerprint density at radius 1 is 1.03 bits per heavy atom. The van der Waals surface area contributed by atoms with Gasteiger partial charge >= 0.3 is 0 Å². The highest BCUT2D eigenvalue weighted by Crippen LogP contribution is 2.31. The third-order valence-corrected chi connectivity index (χ3v) is 6.34. The number of halogens is 1. The predicted molar refractivity (Wildman–Crippen MR) is 136 cm³/mol. The van der Waals surface area contributed by atoms with Crippen molar-refractivity contribution >= 4 is 45.7 Å². The maximum absolute atomic E-state index is 13.0. The molecule has 0 unspecified atom stereocenters. The van der Waals surface area contributed by atoms with E-state index in [1.165, 1.54) is 0 Å². The first-order valence-corrected chi connectivity index (χ1v) is 11.7. The number of pyridine rings is 1. The van der Waals surface area contributed by atoms with Gasteiger partial charge in [-0.3, -0.25) is 9.59 Å². The van der Waals surface area contributed by atoms with E-state index in [0.717, 1.165) is 28.5 Å². The Balaban J connectivity index is 1.38. The standard InChI is InChI=1S/C27H23ClN4O3/c1-15-10-12-18(28)14-22(15)30-27(34)25-16(2)24-20(8-5-9-23(24)35-25)31-32-26(33)21-13-11-17-6-3-4-7-19(17)29-21/h3-4,6-7,10-14H,5,8-9H2,1-2H3,(H,30,34)(H,32,33)/b31-20+. The van der Waals surface area contributed by atoms with Crippen LogP contribution >= 0.6 is 11.6 Å². The number of nitrogens with one attached hydrogen (secondary N) is 2. The van der Waals surface area contributed by atoms with Crippen LogP contribution in [0.3, 0.4) is 0 Å². The molecule has 2 aromatic carbocycles. The molecule has 4 aromatic rings. The number of rotatable bonds is 4. The molecule has 0 atom stereocenters. The highest BCUT2D eigenvalue weighted by Gasteiger charge is 2.28. The van der Waals surface area contributed by atoms with Crippen molar-refractivity contribution < 1.29 is 14.0 Å². The molecule has 0 fully saturated rings. The molecule has 2 heterocycles. The number of hydrogen-bond acceptors (Lipinski definition) is 5. The number of furan rings is 1. The van der Waals surface area contributed by atoms with Gasteiger partial charge < -0.3 is 9.73 Å². The number of fused-ring (bicyclic) bond motifs is 2. The number of carbonyl (C=O) groups is 2. The van der Waals surface area contributed by atoms with Crippen LogP contribution in [0.5, 0.6) is 0 Å². The summed E-state index contributed by atoms with van der Waals surface area (Å²) in [6.07, 6.45) is 2.16. The van der Waals surface area contributed by atoms with E-state index < -0.39 is 5.91 Å². The average Bonchev–Trinajstić information content (AvgIpc) is 3.21. The van der Waals surface area contributed by atoms with Crippen molar-refractivity contribution in [1.29, 1.82) is 0 Å². The van der Waals surface area contributed by atoms with E-state index in [1.54, 1.807) is 18.2 Å². The number of carbonyl (C=O) groups excluding carboxylic acids is 2. The molecule has 0 saturated carbocycles. The number of hydrazone groups is 1. The normalized spacial score (nSPS) is 14.1. The van der Waals surface area contributed by atoms with Crippen LogP contribution in [-0.4, -0.2) is 22.5 Å². The molecule has 0 bridgehead atoms. The molecule has 0 aliphatic heterocycles. The molecule has 35 heavy (non-hydrogen) atoms. The van der Waals surface area contributed by atoms with Crippen LogP contribution < -0.4 is 10.7 Å². The molecule has 2 amide bonds. The third-order valence-electron chi connectivity index (χ3n) is 6.10. The van der Waals surface area contributed by atoms with E-state index in [0.29, 0.717) is 40.6 Å². The SMILES string of the molecule is Cc1ccc(Cl)cc1NC(=O)c1oc2c(c1C)/C(=N/NC(=O)c1ccc3ccccc3n1)CCC2. The maximum atomic E-state index is 13.0. The van der Waals surface area contributed by atoms with Crippen molar-refractivity contribution in [2.45, 2.75) is 33.1 Å². The summed E-state index contributed by atoms with van der Waals surface area (Å²) in [6, 6.07) is 16.5. The lowest BCUT2D eigenvalue weighted by Gasteiger charge is -2.13. The van der Waals surface area contributed by atoms with Gasteiger partial charge in [-0.25, -0.2) is 10.4 Å². The minimum atomic E-state index is -0.397. The summed E-state index contributed by atoms with van der Waals surface area (Å²) in [6.45, 7) is 3.72. The van der Waals surface area contributed by atoms with Gasteiger partial charge in [0.2, 0.25) is 0 Å². The summed E-state index contributed by atoms with van der Waals surface area (Å²) in [5, 5.41) is 8.77. The molecule has 0 saturated heterocycles. The summed E-state index contributed by atoms with van der Waals surface area (Å²) >= 11 is 6.08. The fraction of sp³-hybridized carbons (Fsp3) is 0.185. The van der Waals surface area contributed by atoms with Crippen LogP contribution in [0.1, 0.15) is 56.3 Å². The van der Waals surface area contributed by atoms with Gasteiger partial charge in [-0.15, -0.1) is 0 Å². The second-order valence-corrected chi connectivity index (χ2v) is 8.95. The Morgan fingerprint density at radius 3 is 2.71 bits per heavy atom. The Hall–Kier alpha value is -3.97. The smallest absolute Gasteiger partial charge is 0.291 e. The summed E-state index contributed by atoms with van der Waals surface area (Å²) < 4.78 is 5.96. The van der Waals surface area contributed by atoms with Crippen molar-refractivity contribution in [3.05, 3.63) is 93.5 Å². The van der Waals surface area contributed by atoms with Gasteiger partial charge in [-0.1, -0.05) is 41.9 Å². The second-order valence-electron chi connectivity index (χ2n) is 8.51. The van der Waals surface area contributed by atoms with Gasteiger partial charge in [-0.2, -0.15) is 5.10 Å². The molecule has 0 radical (unpaired) electrons. The maximum Gasteiger partial charge on any atom is 0.291 e. The molecule has 176 valence electrons. The zero-order valence-corrected chi connectivity index (χ0v) is 20.1. The monoisotopic (exact) mass is 486 g/mol. The van der Waals surface area contributed by atoms with Crippen LogP contribution in [0.15, 0.2) is 64.1 Å². The van der Waals surface area contributed by atoms with Crippen molar-refractivity contribution in [2.24, 2.45) is 5.10 Å². The molecule has 1 aliphatic rings. The van der Waals surface area contributed by atoms with Crippen LogP contribution in [0.2, 0.25) is 5.02 Å². The van der Waals surface area contributed by atoms with Crippen LogP contribution in [-0.2, 0) is 6.42 Å². The number of nitrogens with zero attached hydrogens (tertiary/aromatic N) is 2. The lowest BCUT2D eigenvalue weighted by atomic mass is 9.93. The van der Waals surface area contributed by atoms with E-state index in [9.17, 15) is 9.59 Å². The van der Waals surface area contributed by atoms with Crippen LogP contribution in [0.25, 0.3) is 10.9 Å². The number of benzene rings is 2. The number of anilines is 1. The van der Waals surface area contributed by atoms with E-state index in [-0.39, 0.29) is 17.4 Å². The van der Waals surface area contributed by atoms with E-state index in [2.05, 4.69) is 20.8 Å². The fourth-order valence-electron chi connectivity index (χ4n) is 4.27. The number of para-hydroxylation sites is 1. The van der Waals surface area contributed by atoms with Gasteiger partial charge in [0.05, 0.1) is 11.2 Å². The van der Waals surface area contributed by atoms with Gasteiger partial charge in [0, 0.05) is 33.6 Å². The Morgan fingerprint density at radius 2 is 1.86 bits per heavy atom. The van der Waals surface area contributed by atoms with Gasteiger partial charge in [0.15, 0.2) is 5.76 Å². The fourth-order valence-corrected chi connectivity index (χ4v) is 4.44. The molecular formula is C27H23ClN4O3. The van der Waals surface area contributed by atoms with Gasteiger partial charge in [0.1, 0.15) is 11.5 Å². The lowest BCUT2D eigenvalue weighted by molar-refractivity contribution is 0.0949. The third kappa shape index (κ3) is 4.55. The first-order valence-electron chi connectivity index (χ1n) is 11.3. The lowest BCUT2D eigenvalue weighted by Crippen LogP contribution is -2.23. The van der Waals surface area contributed by atoms with Crippen LogP contribution in [0, 0.1) is 13.8 Å². The van der Waals surface area contributed by atoms with Crippen molar-refractivity contribution in [2.75, 3.05) is 5.32 Å². The summed E-state index contributed by atoms with van der Waals surface area (Å²) in [7, 11) is 0. The molecule has 7 nitrogen and oxygen atoms in total. The minimum Gasteiger partial charge on any atom is -0.455 e. The Kier molecular flexibility index (Phi) is 6.09. The molecule has 8 heteroatoms. The highest BCUT2D eigenvalue weighted by atomic mass is 35.5.